The molecule has 0 saturated heterocycles. The molecule has 2 aliphatic carbocycles. The zero-order chi connectivity index (χ0) is 13.9. The van der Waals surface area contributed by atoms with Gasteiger partial charge >= 0.3 is 0 Å². The molecule has 4 nitrogen and oxygen atoms in total. The lowest BCUT2D eigenvalue weighted by Gasteiger charge is -2.12. The highest BCUT2D eigenvalue weighted by Gasteiger charge is 2.24. The minimum Gasteiger partial charge on any atom is -0.393 e. The van der Waals surface area contributed by atoms with Crippen LogP contribution in [0.4, 0.5) is 5.69 Å². The molecule has 3 rings (SSSR count). The fraction of sp³-hybridized carbons (Fsp3) is 0.562. The number of nitrogens with zero attached hydrogens (tertiary/aromatic N) is 1. The smallest absolute Gasteiger partial charge is 0.193 e. The Labute approximate surface area is 143 Å². The van der Waals surface area contributed by atoms with Crippen LogP contribution in [0.25, 0.3) is 0 Å². The van der Waals surface area contributed by atoms with E-state index in [1.54, 1.807) is 0 Å². The van der Waals surface area contributed by atoms with Crippen molar-refractivity contribution in [1.29, 1.82) is 0 Å². The summed E-state index contributed by atoms with van der Waals surface area (Å²) in [5.74, 6) is 0.720. The Morgan fingerprint density at radius 3 is 2.81 bits per heavy atom. The number of aliphatic hydroxyl groups is 1. The van der Waals surface area contributed by atoms with E-state index in [-0.39, 0.29) is 36.0 Å². The first-order valence-electron chi connectivity index (χ1n) is 7.59. The summed E-state index contributed by atoms with van der Waals surface area (Å²) in [5, 5.41) is 12.9. The third-order valence-corrected chi connectivity index (χ3v) is 4.49. The molecule has 1 aromatic carbocycles. The minimum atomic E-state index is -0.202. The van der Waals surface area contributed by atoms with Crippen LogP contribution in [0.15, 0.2) is 23.2 Å². The Morgan fingerprint density at radius 1 is 1.24 bits per heavy atom. The van der Waals surface area contributed by atoms with Crippen molar-refractivity contribution in [3.8, 4) is 0 Å². The fourth-order valence-corrected chi connectivity index (χ4v) is 3.28. The molecule has 0 aromatic heterocycles. The molecular formula is C16H24IN3O. The number of guanidine groups is 1. The molecule has 0 spiro atoms. The number of anilines is 1. The Morgan fingerprint density at radius 2 is 2.05 bits per heavy atom. The van der Waals surface area contributed by atoms with E-state index in [9.17, 15) is 5.11 Å². The van der Waals surface area contributed by atoms with E-state index >= 15 is 0 Å². The molecule has 2 unspecified atom stereocenters. The van der Waals surface area contributed by atoms with Crippen molar-refractivity contribution in [2.45, 2.75) is 44.6 Å². The summed E-state index contributed by atoms with van der Waals surface area (Å²) in [7, 11) is 0. The van der Waals surface area contributed by atoms with Gasteiger partial charge in [-0.1, -0.05) is 12.5 Å². The molecule has 0 bridgehead atoms. The van der Waals surface area contributed by atoms with Crippen molar-refractivity contribution in [2.24, 2.45) is 16.6 Å². The second kappa shape index (κ2) is 7.45. The lowest BCUT2D eigenvalue weighted by molar-refractivity contribution is 0.137. The van der Waals surface area contributed by atoms with Gasteiger partial charge in [-0.15, -0.1) is 24.0 Å². The number of aliphatic imine (C=N–C) groups is 1. The van der Waals surface area contributed by atoms with Gasteiger partial charge in [0, 0.05) is 18.2 Å². The summed E-state index contributed by atoms with van der Waals surface area (Å²) >= 11 is 0. The number of hydrogen-bond acceptors (Lipinski definition) is 2. The van der Waals surface area contributed by atoms with E-state index in [1.165, 1.54) is 24.0 Å². The largest absolute Gasteiger partial charge is 0.393 e. The van der Waals surface area contributed by atoms with Gasteiger partial charge in [0.2, 0.25) is 0 Å². The van der Waals surface area contributed by atoms with E-state index in [0.29, 0.717) is 12.5 Å². The third-order valence-electron chi connectivity index (χ3n) is 4.49. The van der Waals surface area contributed by atoms with Crippen molar-refractivity contribution in [3.05, 3.63) is 29.3 Å². The average molecular weight is 401 g/mol. The highest BCUT2D eigenvalue weighted by molar-refractivity contribution is 14.0. The Bertz CT molecular complexity index is 518. The number of nitrogens with two attached hydrogens (primary N) is 1. The zero-order valence-electron chi connectivity index (χ0n) is 12.2. The molecule has 0 aliphatic heterocycles. The lowest BCUT2D eigenvalue weighted by Crippen LogP contribution is -2.25. The molecule has 1 aromatic rings. The summed E-state index contributed by atoms with van der Waals surface area (Å²) in [6.07, 6.45) is 6.46. The van der Waals surface area contributed by atoms with Crippen LogP contribution in [-0.2, 0) is 12.8 Å². The summed E-state index contributed by atoms with van der Waals surface area (Å²) in [6, 6.07) is 6.42. The summed E-state index contributed by atoms with van der Waals surface area (Å²) in [5.41, 5.74) is 9.83. The van der Waals surface area contributed by atoms with Crippen molar-refractivity contribution < 1.29 is 5.11 Å². The number of halogens is 1. The second-order valence-corrected chi connectivity index (χ2v) is 5.95. The molecule has 0 amide bonds. The Hall–Kier alpha value is -0.820. The molecule has 21 heavy (non-hydrogen) atoms. The molecule has 1 saturated carbocycles. The third kappa shape index (κ3) is 4.10. The number of nitrogens with one attached hydrogen (secondary N) is 1. The Balaban J connectivity index is 0.00000161. The molecule has 2 atom stereocenters. The van der Waals surface area contributed by atoms with Crippen LogP contribution in [0.3, 0.4) is 0 Å². The van der Waals surface area contributed by atoms with Crippen LogP contribution >= 0.6 is 24.0 Å². The maximum absolute atomic E-state index is 9.77. The SMILES string of the molecule is I.NC(=NCC1CCCC1O)Nc1ccc2c(c1)CCC2. The Kier molecular flexibility index (Phi) is 5.87. The van der Waals surface area contributed by atoms with E-state index in [2.05, 4.69) is 28.5 Å². The van der Waals surface area contributed by atoms with Crippen LogP contribution in [0.1, 0.15) is 36.8 Å². The van der Waals surface area contributed by atoms with E-state index < -0.39 is 0 Å². The van der Waals surface area contributed by atoms with Crippen molar-refractivity contribution in [3.63, 3.8) is 0 Å². The first-order chi connectivity index (χ1) is 9.72. The second-order valence-electron chi connectivity index (χ2n) is 5.95. The average Bonchev–Trinajstić information content (AvgIpc) is 3.04. The monoisotopic (exact) mass is 401 g/mol. The molecule has 0 heterocycles. The van der Waals surface area contributed by atoms with Gasteiger partial charge in [0.25, 0.3) is 0 Å². The minimum absolute atomic E-state index is 0. The fourth-order valence-electron chi connectivity index (χ4n) is 3.28. The standard InChI is InChI=1S/C16H23N3O.HI/c17-16(18-10-13-5-2-6-15(13)20)19-14-8-7-11-3-1-4-12(11)9-14;/h7-9,13,15,20H,1-6,10H2,(H3,17,18,19);1H. The highest BCUT2D eigenvalue weighted by Crippen LogP contribution is 2.26. The van der Waals surface area contributed by atoms with Gasteiger partial charge in [-0.3, -0.25) is 4.99 Å². The molecule has 0 radical (unpaired) electrons. The lowest BCUT2D eigenvalue weighted by atomic mass is 10.1. The van der Waals surface area contributed by atoms with Crippen LogP contribution in [-0.4, -0.2) is 23.7 Å². The number of aliphatic hydroxyl groups excluding tert-OH is 1. The van der Waals surface area contributed by atoms with Gasteiger partial charge in [-0.05, 0) is 55.4 Å². The van der Waals surface area contributed by atoms with Gasteiger partial charge in [0.15, 0.2) is 5.96 Å². The van der Waals surface area contributed by atoms with Gasteiger partial charge in [0.1, 0.15) is 0 Å². The molecule has 5 heteroatoms. The van der Waals surface area contributed by atoms with Gasteiger partial charge < -0.3 is 16.2 Å². The number of benzene rings is 1. The van der Waals surface area contributed by atoms with Gasteiger partial charge in [-0.2, -0.15) is 0 Å². The molecule has 4 N–H and O–H groups in total. The van der Waals surface area contributed by atoms with E-state index in [0.717, 1.165) is 31.4 Å². The van der Waals surface area contributed by atoms with Crippen LogP contribution in [0.5, 0.6) is 0 Å². The predicted molar refractivity (Wildman–Crippen MR) is 97.3 cm³/mol. The van der Waals surface area contributed by atoms with E-state index in [1.807, 2.05) is 0 Å². The topological polar surface area (TPSA) is 70.6 Å². The predicted octanol–water partition coefficient (Wildman–Crippen LogP) is 2.68. The van der Waals surface area contributed by atoms with Crippen LogP contribution < -0.4 is 11.1 Å². The molecule has 116 valence electrons. The summed E-state index contributed by atoms with van der Waals surface area (Å²) in [4.78, 5) is 4.37. The normalized spacial score (nSPS) is 24.5. The van der Waals surface area contributed by atoms with E-state index in [4.69, 9.17) is 5.73 Å². The van der Waals surface area contributed by atoms with Crippen molar-refractivity contribution in [1.82, 2.24) is 0 Å². The first kappa shape index (κ1) is 16.5. The maximum Gasteiger partial charge on any atom is 0.193 e. The van der Waals surface area contributed by atoms with Crippen molar-refractivity contribution in [2.75, 3.05) is 11.9 Å². The molecule has 2 aliphatic rings. The molecular weight excluding hydrogens is 377 g/mol. The van der Waals surface area contributed by atoms with Crippen molar-refractivity contribution >= 4 is 35.6 Å². The highest BCUT2D eigenvalue weighted by atomic mass is 127. The number of hydrogen-bond donors (Lipinski definition) is 3. The van der Waals surface area contributed by atoms with Crippen LogP contribution in [0.2, 0.25) is 0 Å². The number of fused-ring (bicyclic) bond motifs is 1. The van der Waals surface area contributed by atoms with Gasteiger partial charge in [-0.25, -0.2) is 0 Å². The number of rotatable bonds is 3. The summed E-state index contributed by atoms with van der Waals surface area (Å²) < 4.78 is 0. The zero-order valence-corrected chi connectivity index (χ0v) is 14.5. The first-order valence-corrected chi connectivity index (χ1v) is 7.59. The summed E-state index contributed by atoms with van der Waals surface area (Å²) in [6.45, 7) is 0.616. The molecule has 1 fully saturated rings. The quantitative estimate of drug-likeness (QED) is 0.415. The van der Waals surface area contributed by atoms with Gasteiger partial charge in [0.05, 0.1) is 6.10 Å². The maximum atomic E-state index is 9.77. The van der Waals surface area contributed by atoms with Crippen LogP contribution in [0, 0.1) is 5.92 Å². The number of aryl methyl sites for hydroxylation is 2.